The highest BCUT2D eigenvalue weighted by Gasteiger charge is 2.05. The van der Waals surface area contributed by atoms with E-state index >= 15 is 0 Å². The maximum Gasteiger partial charge on any atom is 0.136 e. The average molecular weight is 292 g/mol. The summed E-state index contributed by atoms with van der Waals surface area (Å²) in [6.07, 6.45) is 3.47. The Hall–Kier alpha value is -1.75. The van der Waals surface area contributed by atoms with Gasteiger partial charge in [0.25, 0.3) is 0 Å². The number of nitrogens with zero attached hydrogens (tertiary/aromatic N) is 1. The zero-order valence-corrected chi connectivity index (χ0v) is 10.5. The van der Waals surface area contributed by atoms with E-state index < -0.39 is 0 Å². The van der Waals surface area contributed by atoms with Crippen molar-refractivity contribution in [1.82, 2.24) is 10.2 Å². The fraction of sp³-hybridized carbons (Fsp3) is 0.0833. The highest BCUT2D eigenvalue weighted by Crippen LogP contribution is 2.23. The molecule has 3 rings (SSSR count). The number of fused-ring (bicyclic) bond motifs is 1. The number of H-pyrrole nitrogens is 1. The van der Waals surface area contributed by atoms with Crippen LogP contribution in [0.5, 0.6) is 0 Å². The van der Waals surface area contributed by atoms with Gasteiger partial charge in [0.1, 0.15) is 5.76 Å². The van der Waals surface area contributed by atoms with Crippen molar-refractivity contribution in [2.24, 2.45) is 0 Å². The molecule has 5 heteroatoms. The lowest BCUT2D eigenvalue weighted by molar-refractivity contribution is 0.516. The molecule has 2 N–H and O–H groups in total. The van der Waals surface area contributed by atoms with Crippen LogP contribution in [-0.4, -0.2) is 10.2 Å². The lowest BCUT2D eigenvalue weighted by atomic mass is 10.2. The second-order valence-corrected chi connectivity index (χ2v) is 4.54. The number of hydrogen-bond acceptors (Lipinski definition) is 3. The number of furan rings is 1. The third-order valence-corrected chi connectivity index (χ3v) is 3.31. The molecule has 0 radical (unpaired) electrons. The highest BCUT2D eigenvalue weighted by molar-refractivity contribution is 9.10. The quantitative estimate of drug-likeness (QED) is 0.776. The van der Waals surface area contributed by atoms with Gasteiger partial charge in [0, 0.05) is 5.39 Å². The molecule has 86 valence electrons. The minimum Gasteiger partial charge on any atom is -0.466 e. The van der Waals surface area contributed by atoms with Gasteiger partial charge in [-0.15, -0.1) is 0 Å². The molecule has 3 aromatic rings. The molecule has 0 saturated carbocycles. The zero-order chi connectivity index (χ0) is 11.7. The van der Waals surface area contributed by atoms with E-state index in [9.17, 15) is 0 Å². The number of para-hydroxylation sites is 1. The normalized spacial score (nSPS) is 10.9. The number of nitrogens with one attached hydrogen (secondary N) is 2. The van der Waals surface area contributed by atoms with Gasteiger partial charge in [0.15, 0.2) is 0 Å². The standard InChI is InChI=1S/C12H10BrN3O/c13-9-4-5-17-11(9)7-14-10-3-1-2-8-6-15-16-12(8)10/h1-6,14H,7H2,(H,15,16). The fourth-order valence-electron chi connectivity index (χ4n) is 1.74. The van der Waals surface area contributed by atoms with Gasteiger partial charge in [0.2, 0.25) is 0 Å². The number of aromatic amines is 1. The van der Waals surface area contributed by atoms with Crippen molar-refractivity contribution in [3.8, 4) is 0 Å². The monoisotopic (exact) mass is 291 g/mol. The molecule has 2 heterocycles. The molecule has 0 amide bonds. The van der Waals surface area contributed by atoms with Crippen LogP contribution in [0.2, 0.25) is 0 Å². The molecule has 0 saturated heterocycles. The van der Waals surface area contributed by atoms with Crippen molar-refractivity contribution in [2.45, 2.75) is 6.54 Å². The van der Waals surface area contributed by atoms with Crippen LogP contribution in [0.4, 0.5) is 5.69 Å². The Balaban J connectivity index is 1.86. The number of hydrogen-bond donors (Lipinski definition) is 2. The van der Waals surface area contributed by atoms with E-state index in [2.05, 4.69) is 31.4 Å². The van der Waals surface area contributed by atoms with Gasteiger partial charge < -0.3 is 9.73 Å². The maximum atomic E-state index is 5.34. The van der Waals surface area contributed by atoms with Crippen LogP contribution >= 0.6 is 15.9 Å². The largest absolute Gasteiger partial charge is 0.466 e. The van der Waals surface area contributed by atoms with Crippen LogP contribution < -0.4 is 5.32 Å². The van der Waals surface area contributed by atoms with E-state index in [0.717, 1.165) is 26.8 Å². The van der Waals surface area contributed by atoms with E-state index in [-0.39, 0.29) is 0 Å². The molecule has 0 aliphatic rings. The van der Waals surface area contributed by atoms with Crippen LogP contribution in [-0.2, 0) is 6.54 Å². The summed E-state index contributed by atoms with van der Waals surface area (Å²) in [5.74, 6) is 0.876. The number of benzene rings is 1. The molecular weight excluding hydrogens is 282 g/mol. The number of aromatic nitrogens is 2. The topological polar surface area (TPSA) is 53.9 Å². The molecule has 0 spiro atoms. The summed E-state index contributed by atoms with van der Waals surface area (Å²) in [7, 11) is 0. The minimum atomic E-state index is 0.631. The van der Waals surface area contributed by atoms with Gasteiger partial charge in [-0.2, -0.15) is 5.10 Å². The predicted octanol–water partition coefficient (Wildman–Crippen LogP) is 3.53. The summed E-state index contributed by atoms with van der Waals surface area (Å²) >= 11 is 3.43. The molecule has 0 bridgehead atoms. The Morgan fingerprint density at radius 2 is 2.29 bits per heavy atom. The zero-order valence-electron chi connectivity index (χ0n) is 8.90. The molecule has 17 heavy (non-hydrogen) atoms. The highest BCUT2D eigenvalue weighted by atomic mass is 79.9. The Kier molecular flexibility index (Phi) is 2.60. The second kappa shape index (κ2) is 4.25. The molecule has 0 aliphatic carbocycles. The van der Waals surface area contributed by atoms with Crippen molar-refractivity contribution in [2.75, 3.05) is 5.32 Å². The minimum absolute atomic E-state index is 0.631. The van der Waals surface area contributed by atoms with Crippen molar-refractivity contribution in [1.29, 1.82) is 0 Å². The SMILES string of the molecule is Brc1ccoc1CNc1cccc2cn[nH]c12. The first kappa shape index (κ1) is 10.4. The van der Waals surface area contributed by atoms with Gasteiger partial charge >= 0.3 is 0 Å². The molecule has 2 aromatic heterocycles. The van der Waals surface area contributed by atoms with Gasteiger partial charge in [-0.05, 0) is 28.1 Å². The average Bonchev–Trinajstić information content (AvgIpc) is 2.95. The summed E-state index contributed by atoms with van der Waals surface area (Å²) < 4.78 is 6.32. The van der Waals surface area contributed by atoms with Gasteiger partial charge in [0.05, 0.1) is 34.7 Å². The first-order valence-electron chi connectivity index (χ1n) is 5.22. The van der Waals surface area contributed by atoms with Crippen LogP contribution in [0.1, 0.15) is 5.76 Å². The molecule has 0 atom stereocenters. The summed E-state index contributed by atoms with van der Waals surface area (Å²) in [6, 6.07) is 7.91. The Bertz CT molecular complexity index is 644. The molecular formula is C12H10BrN3O. The van der Waals surface area contributed by atoms with Crippen molar-refractivity contribution in [3.63, 3.8) is 0 Å². The third kappa shape index (κ3) is 1.93. The van der Waals surface area contributed by atoms with Crippen molar-refractivity contribution >= 4 is 32.5 Å². The van der Waals surface area contributed by atoms with Crippen molar-refractivity contribution in [3.05, 3.63) is 47.0 Å². The van der Waals surface area contributed by atoms with Gasteiger partial charge in [-0.3, -0.25) is 5.10 Å². The van der Waals surface area contributed by atoms with E-state index in [1.807, 2.05) is 30.5 Å². The summed E-state index contributed by atoms with van der Waals surface area (Å²) in [4.78, 5) is 0. The lowest BCUT2D eigenvalue weighted by Gasteiger charge is -2.05. The van der Waals surface area contributed by atoms with Crippen LogP contribution in [0.3, 0.4) is 0 Å². The van der Waals surface area contributed by atoms with E-state index in [1.165, 1.54) is 0 Å². The van der Waals surface area contributed by atoms with E-state index in [0.29, 0.717) is 6.54 Å². The Labute approximate surface area is 106 Å². The van der Waals surface area contributed by atoms with Gasteiger partial charge in [-0.25, -0.2) is 0 Å². The molecule has 0 unspecified atom stereocenters. The summed E-state index contributed by atoms with van der Waals surface area (Å²) in [5.41, 5.74) is 2.03. The molecule has 0 aliphatic heterocycles. The predicted molar refractivity (Wildman–Crippen MR) is 69.8 cm³/mol. The smallest absolute Gasteiger partial charge is 0.136 e. The molecule has 4 nitrogen and oxygen atoms in total. The van der Waals surface area contributed by atoms with Crippen LogP contribution in [0, 0.1) is 0 Å². The molecule has 0 fully saturated rings. The number of rotatable bonds is 3. The van der Waals surface area contributed by atoms with E-state index in [4.69, 9.17) is 4.42 Å². The Morgan fingerprint density at radius 3 is 3.12 bits per heavy atom. The van der Waals surface area contributed by atoms with Crippen LogP contribution in [0.15, 0.2) is 45.6 Å². The maximum absolute atomic E-state index is 5.34. The summed E-state index contributed by atoms with van der Waals surface area (Å²) in [6.45, 7) is 0.631. The first-order chi connectivity index (χ1) is 8.34. The lowest BCUT2D eigenvalue weighted by Crippen LogP contribution is -1.99. The fourth-order valence-corrected chi connectivity index (χ4v) is 2.08. The van der Waals surface area contributed by atoms with Gasteiger partial charge in [-0.1, -0.05) is 12.1 Å². The van der Waals surface area contributed by atoms with E-state index in [1.54, 1.807) is 6.26 Å². The van der Waals surface area contributed by atoms with Crippen LogP contribution in [0.25, 0.3) is 10.9 Å². The summed E-state index contributed by atoms with van der Waals surface area (Å²) in [5, 5.41) is 11.4. The third-order valence-electron chi connectivity index (χ3n) is 2.61. The van der Waals surface area contributed by atoms with Crippen molar-refractivity contribution < 1.29 is 4.42 Å². The molecule has 1 aromatic carbocycles. The number of anilines is 1. The second-order valence-electron chi connectivity index (χ2n) is 3.69. The number of halogens is 1. The Morgan fingerprint density at radius 1 is 1.35 bits per heavy atom. The first-order valence-corrected chi connectivity index (χ1v) is 6.02.